The van der Waals surface area contributed by atoms with Crippen molar-refractivity contribution in [3.8, 4) is 17.2 Å². The number of carbonyl (C=O) groups is 1. The molecule has 0 heterocycles. The summed E-state index contributed by atoms with van der Waals surface area (Å²) >= 11 is 2.20. The quantitative estimate of drug-likeness (QED) is 0.296. The zero-order valence-electron chi connectivity index (χ0n) is 16.3. The van der Waals surface area contributed by atoms with Gasteiger partial charge in [-0.25, -0.2) is 5.43 Å². The number of hydrogen-bond donors (Lipinski definition) is 1. The molecule has 2 aromatic carbocycles. The van der Waals surface area contributed by atoms with E-state index in [1.165, 1.54) is 0 Å². The van der Waals surface area contributed by atoms with Gasteiger partial charge in [-0.1, -0.05) is 13.8 Å². The number of benzene rings is 2. The number of ether oxygens (including phenoxy) is 3. The summed E-state index contributed by atoms with van der Waals surface area (Å²) in [7, 11) is 1.60. The molecule has 0 unspecified atom stereocenters. The second-order valence-corrected chi connectivity index (χ2v) is 7.12. The van der Waals surface area contributed by atoms with Gasteiger partial charge in [0.2, 0.25) is 0 Å². The first-order valence-electron chi connectivity index (χ1n) is 9.15. The van der Waals surface area contributed by atoms with Gasteiger partial charge in [0.15, 0.2) is 11.5 Å². The average molecular weight is 496 g/mol. The van der Waals surface area contributed by atoms with Crippen molar-refractivity contribution in [2.75, 3.05) is 20.3 Å². The van der Waals surface area contributed by atoms with Gasteiger partial charge in [0.05, 0.1) is 30.1 Å². The van der Waals surface area contributed by atoms with Gasteiger partial charge in [-0.15, -0.1) is 0 Å². The van der Waals surface area contributed by atoms with Crippen molar-refractivity contribution in [2.24, 2.45) is 5.10 Å². The Balaban J connectivity index is 2.01. The lowest BCUT2D eigenvalue weighted by molar-refractivity contribution is 0.0955. The number of hydrazone groups is 1. The third-order valence-corrected chi connectivity index (χ3v) is 4.47. The van der Waals surface area contributed by atoms with E-state index in [1.54, 1.807) is 37.6 Å². The summed E-state index contributed by atoms with van der Waals surface area (Å²) in [5, 5.41) is 4.04. The topological polar surface area (TPSA) is 69.2 Å². The van der Waals surface area contributed by atoms with Crippen LogP contribution in [-0.4, -0.2) is 32.4 Å². The SMILES string of the molecule is CCCOc1ccc(C(=O)N/N=C/c2cc(I)c(OCCC)c(OC)c2)cc1. The second kappa shape index (κ2) is 11.5. The lowest BCUT2D eigenvalue weighted by Crippen LogP contribution is -2.17. The summed E-state index contributed by atoms with van der Waals surface area (Å²) in [5.74, 6) is 1.81. The molecule has 0 atom stereocenters. The van der Waals surface area contributed by atoms with Crippen LogP contribution < -0.4 is 19.6 Å². The van der Waals surface area contributed by atoms with E-state index in [0.29, 0.717) is 24.5 Å². The van der Waals surface area contributed by atoms with Gasteiger partial charge in [0, 0.05) is 5.56 Å². The fraction of sp³-hybridized carbons (Fsp3) is 0.333. The van der Waals surface area contributed by atoms with Gasteiger partial charge in [-0.3, -0.25) is 4.79 Å². The Morgan fingerprint density at radius 3 is 2.43 bits per heavy atom. The van der Waals surface area contributed by atoms with Gasteiger partial charge in [0.1, 0.15) is 5.75 Å². The molecule has 28 heavy (non-hydrogen) atoms. The first kappa shape index (κ1) is 22.0. The summed E-state index contributed by atoms with van der Waals surface area (Å²) in [6.07, 6.45) is 3.43. The first-order valence-corrected chi connectivity index (χ1v) is 10.2. The van der Waals surface area contributed by atoms with Crippen LogP contribution in [0.1, 0.15) is 42.6 Å². The fourth-order valence-electron chi connectivity index (χ4n) is 2.31. The Labute approximate surface area is 179 Å². The van der Waals surface area contributed by atoms with E-state index < -0.39 is 0 Å². The van der Waals surface area contributed by atoms with Crippen molar-refractivity contribution >= 4 is 34.7 Å². The Bertz CT molecular complexity index is 807. The van der Waals surface area contributed by atoms with Crippen LogP contribution in [0.15, 0.2) is 41.5 Å². The maximum atomic E-state index is 12.2. The molecule has 0 saturated carbocycles. The third kappa shape index (κ3) is 6.40. The van der Waals surface area contributed by atoms with Gasteiger partial charge in [0.25, 0.3) is 5.91 Å². The van der Waals surface area contributed by atoms with Crippen LogP contribution >= 0.6 is 22.6 Å². The summed E-state index contributed by atoms with van der Waals surface area (Å²) < 4.78 is 17.6. The molecule has 7 heteroatoms. The highest BCUT2D eigenvalue weighted by Gasteiger charge is 2.11. The molecule has 0 aliphatic rings. The number of rotatable bonds is 10. The Morgan fingerprint density at radius 1 is 1.11 bits per heavy atom. The fourth-order valence-corrected chi connectivity index (χ4v) is 3.09. The molecule has 0 radical (unpaired) electrons. The molecule has 0 aliphatic carbocycles. The molecule has 0 fully saturated rings. The van der Waals surface area contributed by atoms with Crippen LogP contribution in [0, 0.1) is 3.57 Å². The molecule has 1 N–H and O–H groups in total. The van der Waals surface area contributed by atoms with Gasteiger partial charge < -0.3 is 14.2 Å². The Morgan fingerprint density at radius 2 is 1.79 bits per heavy atom. The van der Waals surface area contributed by atoms with Crippen molar-refractivity contribution in [3.05, 3.63) is 51.1 Å². The molecule has 150 valence electrons. The molecule has 2 rings (SSSR count). The lowest BCUT2D eigenvalue weighted by atomic mass is 10.2. The summed E-state index contributed by atoms with van der Waals surface area (Å²) in [6, 6.07) is 10.7. The number of carbonyl (C=O) groups excluding carboxylic acids is 1. The summed E-state index contributed by atoms with van der Waals surface area (Å²) in [4.78, 5) is 12.2. The molecule has 1 amide bonds. The van der Waals surface area contributed by atoms with E-state index in [1.807, 2.05) is 19.1 Å². The molecular formula is C21H25IN2O4. The number of nitrogens with zero attached hydrogens (tertiary/aromatic N) is 1. The number of nitrogens with one attached hydrogen (secondary N) is 1. The molecule has 0 aromatic heterocycles. The molecule has 6 nitrogen and oxygen atoms in total. The zero-order valence-corrected chi connectivity index (χ0v) is 18.5. The molecular weight excluding hydrogens is 471 g/mol. The van der Waals surface area contributed by atoms with E-state index in [2.05, 4.69) is 40.0 Å². The highest BCUT2D eigenvalue weighted by atomic mass is 127. The van der Waals surface area contributed by atoms with Crippen molar-refractivity contribution in [2.45, 2.75) is 26.7 Å². The standard InChI is InChI=1S/C21H25IN2O4/c1-4-10-27-17-8-6-16(7-9-17)21(25)24-23-14-15-12-18(22)20(28-11-5-2)19(13-15)26-3/h6-9,12-14H,4-5,10-11H2,1-3H3,(H,24,25)/b23-14+. The largest absolute Gasteiger partial charge is 0.494 e. The highest BCUT2D eigenvalue weighted by molar-refractivity contribution is 14.1. The van der Waals surface area contributed by atoms with E-state index in [9.17, 15) is 4.79 Å². The molecule has 0 spiro atoms. The number of amides is 1. The van der Waals surface area contributed by atoms with Crippen LogP contribution in [0.4, 0.5) is 0 Å². The van der Waals surface area contributed by atoms with Gasteiger partial charge in [-0.05, 0) is 77.4 Å². The van der Waals surface area contributed by atoms with E-state index >= 15 is 0 Å². The highest BCUT2D eigenvalue weighted by Crippen LogP contribution is 2.33. The number of hydrogen-bond acceptors (Lipinski definition) is 5. The third-order valence-electron chi connectivity index (χ3n) is 3.67. The maximum Gasteiger partial charge on any atom is 0.271 e. The smallest absolute Gasteiger partial charge is 0.271 e. The minimum absolute atomic E-state index is 0.289. The predicted octanol–water partition coefficient (Wildman–Crippen LogP) is 4.64. The monoisotopic (exact) mass is 496 g/mol. The lowest BCUT2D eigenvalue weighted by Gasteiger charge is -2.12. The van der Waals surface area contributed by atoms with Crippen molar-refractivity contribution in [3.63, 3.8) is 0 Å². The minimum atomic E-state index is -0.289. The summed E-state index contributed by atoms with van der Waals surface area (Å²) in [5.41, 5.74) is 3.84. The van der Waals surface area contributed by atoms with Crippen molar-refractivity contribution in [1.29, 1.82) is 0 Å². The Kier molecular flexibility index (Phi) is 9.06. The van der Waals surface area contributed by atoms with Crippen LogP contribution in [0.25, 0.3) is 0 Å². The van der Waals surface area contributed by atoms with E-state index in [0.717, 1.165) is 33.5 Å². The molecule has 0 saturated heterocycles. The molecule has 0 aliphatic heterocycles. The van der Waals surface area contributed by atoms with Gasteiger partial charge in [-0.2, -0.15) is 5.10 Å². The van der Waals surface area contributed by atoms with Crippen LogP contribution in [-0.2, 0) is 0 Å². The number of methoxy groups -OCH3 is 1. The average Bonchev–Trinajstić information content (AvgIpc) is 2.71. The Hall–Kier alpha value is -2.29. The van der Waals surface area contributed by atoms with Crippen molar-refractivity contribution in [1.82, 2.24) is 5.43 Å². The van der Waals surface area contributed by atoms with Crippen LogP contribution in [0.2, 0.25) is 0 Å². The minimum Gasteiger partial charge on any atom is -0.494 e. The normalized spacial score (nSPS) is 10.7. The van der Waals surface area contributed by atoms with Gasteiger partial charge >= 0.3 is 0 Å². The summed E-state index contributed by atoms with van der Waals surface area (Å²) in [6.45, 7) is 5.37. The molecule has 2 aromatic rings. The zero-order chi connectivity index (χ0) is 20.4. The van der Waals surface area contributed by atoms with E-state index in [4.69, 9.17) is 14.2 Å². The van der Waals surface area contributed by atoms with Crippen molar-refractivity contribution < 1.29 is 19.0 Å². The second-order valence-electron chi connectivity index (χ2n) is 5.95. The number of halogens is 1. The molecule has 0 bridgehead atoms. The maximum absolute atomic E-state index is 12.2. The van der Waals surface area contributed by atoms with Crippen LogP contribution in [0.3, 0.4) is 0 Å². The first-order chi connectivity index (χ1) is 13.6. The predicted molar refractivity (Wildman–Crippen MR) is 119 cm³/mol. The van der Waals surface area contributed by atoms with E-state index in [-0.39, 0.29) is 5.91 Å². The van der Waals surface area contributed by atoms with Crippen LogP contribution in [0.5, 0.6) is 17.2 Å².